The van der Waals surface area contributed by atoms with Crippen molar-refractivity contribution in [2.24, 2.45) is 0 Å². The van der Waals surface area contributed by atoms with Crippen molar-refractivity contribution in [1.29, 1.82) is 0 Å². The van der Waals surface area contributed by atoms with E-state index in [-0.39, 0.29) is 12.6 Å². The summed E-state index contributed by atoms with van der Waals surface area (Å²) in [5, 5.41) is 19.1. The summed E-state index contributed by atoms with van der Waals surface area (Å²) >= 11 is 3.21. The van der Waals surface area contributed by atoms with Crippen LogP contribution in [0.5, 0.6) is 0 Å². The number of carbonyl (C=O) groups excluding carboxylic acids is 1. The van der Waals surface area contributed by atoms with Crippen LogP contribution in [-0.2, 0) is 6.54 Å². The van der Waals surface area contributed by atoms with Crippen molar-refractivity contribution >= 4 is 29.1 Å². The van der Waals surface area contributed by atoms with Gasteiger partial charge < -0.3 is 15.7 Å². The highest BCUT2D eigenvalue weighted by molar-refractivity contribution is 7.98. The van der Waals surface area contributed by atoms with E-state index in [4.69, 9.17) is 0 Å². The Morgan fingerprint density at radius 2 is 2.05 bits per heavy atom. The van der Waals surface area contributed by atoms with Crippen LogP contribution in [0.1, 0.15) is 17.2 Å². The van der Waals surface area contributed by atoms with Crippen molar-refractivity contribution in [3.05, 3.63) is 52.2 Å². The number of benzene rings is 1. The molecule has 0 bridgehead atoms. The van der Waals surface area contributed by atoms with Gasteiger partial charge in [-0.1, -0.05) is 12.1 Å². The lowest BCUT2D eigenvalue weighted by atomic mass is 10.2. The van der Waals surface area contributed by atoms with E-state index in [9.17, 15) is 9.90 Å². The second kappa shape index (κ2) is 8.07. The fourth-order valence-electron chi connectivity index (χ4n) is 1.76. The van der Waals surface area contributed by atoms with Crippen LogP contribution in [0.2, 0.25) is 0 Å². The summed E-state index contributed by atoms with van der Waals surface area (Å²) in [4.78, 5) is 12.9. The second-order valence-corrected chi connectivity index (χ2v) is 6.14. The molecule has 1 heterocycles. The van der Waals surface area contributed by atoms with Crippen LogP contribution in [0.3, 0.4) is 0 Å². The summed E-state index contributed by atoms with van der Waals surface area (Å²) in [6.45, 7) is 0.670. The first-order chi connectivity index (χ1) is 10.2. The van der Waals surface area contributed by atoms with Crippen molar-refractivity contribution in [3.8, 4) is 0 Å². The Labute approximate surface area is 132 Å². The van der Waals surface area contributed by atoms with Crippen molar-refractivity contribution in [2.75, 3.05) is 12.8 Å². The first kappa shape index (κ1) is 15.9. The largest absolute Gasteiger partial charge is 0.387 e. The third-order valence-electron chi connectivity index (χ3n) is 3.00. The van der Waals surface area contributed by atoms with E-state index in [0.717, 1.165) is 11.1 Å². The fourth-order valence-corrected chi connectivity index (χ4v) is 2.88. The molecule has 1 aromatic carbocycles. The van der Waals surface area contributed by atoms with E-state index in [1.54, 1.807) is 11.8 Å². The summed E-state index contributed by atoms with van der Waals surface area (Å²) in [6, 6.07) is 9.61. The Kier molecular flexibility index (Phi) is 6.10. The molecule has 0 saturated heterocycles. The predicted molar refractivity (Wildman–Crippen MR) is 87.7 cm³/mol. The van der Waals surface area contributed by atoms with E-state index >= 15 is 0 Å². The molecule has 1 unspecified atom stereocenters. The number of carbonyl (C=O) groups is 1. The highest BCUT2D eigenvalue weighted by Gasteiger charge is 2.09. The third kappa shape index (κ3) is 5.08. The molecular weight excluding hydrogens is 304 g/mol. The first-order valence-electron chi connectivity index (χ1n) is 6.54. The van der Waals surface area contributed by atoms with E-state index in [1.165, 1.54) is 16.2 Å². The molecule has 1 aromatic heterocycles. The Hall–Kier alpha value is -1.50. The number of nitrogens with one attached hydrogen (secondary N) is 2. The van der Waals surface area contributed by atoms with Gasteiger partial charge in [0.2, 0.25) is 0 Å². The van der Waals surface area contributed by atoms with Crippen molar-refractivity contribution < 1.29 is 9.90 Å². The van der Waals surface area contributed by atoms with E-state index in [0.29, 0.717) is 6.54 Å². The van der Waals surface area contributed by atoms with Gasteiger partial charge in [0.25, 0.3) is 0 Å². The summed E-state index contributed by atoms with van der Waals surface area (Å²) in [5.41, 5.74) is 1.87. The summed E-state index contributed by atoms with van der Waals surface area (Å²) in [6.07, 6.45) is 1.36. The predicted octanol–water partition coefficient (Wildman–Crippen LogP) is 3.00. The molecule has 2 aromatic rings. The second-order valence-electron chi connectivity index (χ2n) is 4.48. The van der Waals surface area contributed by atoms with Crippen molar-refractivity contribution in [1.82, 2.24) is 10.6 Å². The van der Waals surface area contributed by atoms with Crippen LogP contribution in [0, 0.1) is 0 Å². The highest BCUT2D eigenvalue weighted by atomic mass is 32.2. The molecule has 6 heteroatoms. The smallest absolute Gasteiger partial charge is 0.315 e. The average molecular weight is 322 g/mol. The van der Waals surface area contributed by atoms with E-state index < -0.39 is 6.10 Å². The topological polar surface area (TPSA) is 61.4 Å². The maximum Gasteiger partial charge on any atom is 0.315 e. The molecule has 0 fully saturated rings. The number of amides is 2. The Morgan fingerprint density at radius 1 is 1.29 bits per heavy atom. The Balaban J connectivity index is 1.71. The molecule has 112 valence electrons. The molecule has 0 radical (unpaired) electrons. The number of hydrogen-bond acceptors (Lipinski definition) is 4. The summed E-state index contributed by atoms with van der Waals surface area (Å²) in [7, 11) is 0. The average Bonchev–Trinajstić information content (AvgIpc) is 3.05. The molecular formula is C15H18N2O2S2. The minimum Gasteiger partial charge on any atom is -0.387 e. The Morgan fingerprint density at radius 3 is 2.67 bits per heavy atom. The normalized spacial score (nSPS) is 11.9. The zero-order valence-corrected chi connectivity index (χ0v) is 13.3. The van der Waals surface area contributed by atoms with E-state index in [2.05, 4.69) is 10.6 Å². The zero-order valence-electron chi connectivity index (χ0n) is 11.7. The van der Waals surface area contributed by atoms with Crippen LogP contribution in [0.25, 0.3) is 0 Å². The number of aliphatic hydroxyl groups excluding tert-OH is 1. The minimum absolute atomic E-state index is 0.202. The number of hydrogen-bond donors (Lipinski definition) is 3. The van der Waals surface area contributed by atoms with Gasteiger partial charge in [-0.15, -0.1) is 11.8 Å². The minimum atomic E-state index is -0.664. The quantitative estimate of drug-likeness (QED) is 0.717. The van der Waals surface area contributed by atoms with Gasteiger partial charge in [0.05, 0.1) is 6.10 Å². The monoisotopic (exact) mass is 322 g/mol. The van der Waals surface area contributed by atoms with Gasteiger partial charge in [-0.25, -0.2) is 4.79 Å². The van der Waals surface area contributed by atoms with Crippen LogP contribution in [-0.4, -0.2) is 23.9 Å². The van der Waals surface area contributed by atoms with Gasteiger partial charge in [-0.2, -0.15) is 11.3 Å². The van der Waals surface area contributed by atoms with Crippen LogP contribution in [0.15, 0.2) is 46.0 Å². The summed E-state index contributed by atoms with van der Waals surface area (Å²) in [5.74, 6) is 0. The lowest BCUT2D eigenvalue weighted by Crippen LogP contribution is -2.37. The number of rotatable bonds is 6. The maximum atomic E-state index is 11.7. The molecule has 0 aliphatic carbocycles. The molecule has 2 amide bonds. The molecule has 0 saturated carbocycles. The van der Waals surface area contributed by atoms with Gasteiger partial charge in [-0.3, -0.25) is 0 Å². The molecule has 21 heavy (non-hydrogen) atoms. The molecule has 4 nitrogen and oxygen atoms in total. The molecule has 2 rings (SSSR count). The van der Waals surface area contributed by atoms with Crippen LogP contribution < -0.4 is 10.6 Å². The Bertz CT molecular complexity index is 556. The molecule has 0 aliphatic rings. The SMILES string of the molecule is CSc1ccc(CNC(=O)NCC(O)c2ccsc2)cc1. The number of urea groups is 1. The van der Waals surface area contributed by atoms with Gasteiger partial charge in [-0.05, 0) is 46.3 Å². The standard InChI is InChI=1S/C15H18N2O2S2/c1-20-13-4-2-11(3-5-13)8-16-15(19)17-9-14(18)12-6-7-21-10-12/h2-7,10,14,18H,8-9H2,1H3,(H2,16,17,19). The third-order valence-corrected chi connectivity index (χ3v) is 4.44. The number of thiophene rings is 1. The first-order valence-corrected chi connectivity index (χ1v) is 8.70. The zero-order chi connectivity index (χ0) is 15.1. The van der Waals surface area contributed by atoms with E-state index in [1.807, 2.05) is 47.3 Å². The van der Waals surface area contributed by atoms with Gasteiger partial charge in [0.15, 0.2) is 0 Å². The van der Waals surface area contributed by atoms with Crippen LogP contribution in [0.4, 0.5) is 4.79 Å². The molecule has 1 atom stereocenters. The van der Waals surface area contributed by atoms with Crippen molar-refractivity contribution in [3.63, 3.8) is 0 Å². The maximum absolute atomic E-state index is 11.7. The molecule has 0 aliphatic heterocycles. The molecule has 0 spiro atoms. The number of aliphatic hydroxyl groups is 1. The van der Waals surface area contributed by atoms with Gasteiger partial charge in [0, 0.05) is 18.0 Å². The van der Waals surface area contributed by atoms with Gasteiger partial charge >= 0.3 is 6.03 Å². The molecule has 3 N–H and O–H groups in total. The lowest BCUT2D eigenvalue weighted by Gasteiger charge is -2.11. The lowest BCUT2D eigenvalue weighted by molar-refractivity contribution is 0.173. The number of thioether (sulfide) groups is 1. The highest BCUT2D eigenvalue weighted by Crippen LogP contribution is 2.15. The van der Waals surface area contributed by atoms with Crippen molar-refractivity contribution in [2.45, 2.75) is 17.5 Å². The van der Waals surface area contributed by atoms with Crippen LogP contribution >= 0.6 is 23.1 Å². The van der Waals surface area contributed by atoms with Gasteiger partial charge in [0.1, 0.15) is 0 Å². The fraction of sp³-hybridized carbons (Fsp3) is 0.267. The summed E-state index contributed by atoms with van der Waals surface area (Å²) < 4.78 is 0.